The van der Waals surface area contributed by atoms with Crippen molar-refractivity contribution in [3.05, 3.63) is 42.6 Å². The van der Waals surface area contributed by atoms with Crippen molar-refractivity contribution in [3.63, 3.8) is 0 Å². The zero-order valence-corrected chi connectivity index (χ0v) is 8.51. The van der Waals surface area contributed by atoms with Crippen LogP contribution in [0.15, 0.2) is 42.6 Å². The number of nitrogen functional groups attached to an aromatic ring is 1. The van der Waals surface area contributed by atoms with E-state index in [1.54, 1.807) is 6.20 Å². The SMILES string of the molecule is Nc1ncc(-c2ccc3ccccc3n2)[nH]1. The largest absolute Gasteiger partial charge is 0.369 e. The summed E-state index contributed by atoms with van der Waals surface area (Å²) in [6.45, 7) is 0. The number of fused-ring (bicyclic) bond motifs is 1. The molecule has 0 unspecified atom stereocenters. The van der Waals surface area contributed by atoms with Gasteiger partial charge < -0.3 is 10.7 Å². The summed E-state index contributed by atoms with van der Waals surface area (Å²) >= 11 is 0. The normalized spacial score (nSPS) is 10.8. The molecule has 0 spiro atoms. The van der Waals surface area contributed by atoms with Gasteiger partial charge in [0.2, 0.25) is 0 Å². The van der Waals surface area contributed by atoms with Gasteiger partial charge in [0.05, 0.1) is 23.1 Å². The molecule has 0 bridgehead atoms. The molecule has 0 aliphatic heterocycles. The quantitative estimate of drug-likeness (QED) is 0.647. The molecule has 4 nitrogen and oxygen atoms in total. The van der Waals surface area contributed by atoms with Gasteiger partial charge in [0, 0.05) is 5.39 Å². The van der Waals surface area contributed by atoms with Crippen LogP contribution in [-0.2, 0) is 0 Å². The number of anilines is 1. The molecule has 3 aromatic rings. The van der Waals surface area contributed by atoms with Crippen molar-refractivity contribution in [2.45, 2.75) is 0 Å². The molecule has 4 heteroatoms. The van der Waals surface area contributed by atoms with Crippen LogP contribution in [0.2, 0.25) is 0 Å². The molecule has 16 heavy (non-hydrogen) atoms. The van der Waals surface area contributed by atoms with Crippen LogP contribution in [0.25, 0.3) is 22.3 Å². The van der Waals surface area contributed by atoms with Crippen LogP contribution in [0.1, 0.15) is 0 Å². The smallest absolute Gasteiger partial charge is 0.197 e. The lowest BCUT2D eigenvalue weighted by Crippen LogP contribution is -1.87. The fourth-order valence-electron chi connectivity index (χ4n) is 1.68. The number of nitrogens with two attached hydrogens (primary N) is 1. The molecule has 2 heterocycles. The second-order valence-electron chi connectivity index (χ2n) is 3.57. The Morgan fingerprint density at radius 2 is 1.94 bits per heavy atom. The van der Waals surface area contributed by atoms with Crippen LogP contribution < -0.4 is 5.73 Å². The number of H-pyrrole nitrogens is 1. The Kier molecular flexibility index (Phi) is 1.86. The Morgan fingerprint density at radius 3 is 2.75 bits per heavy atom. The predicted molar refractivity (Wildman–Crippen MR) is 63.7 cm³/mol. The van der Waals surface area contributed by atoms with E-state index in [9.17, 15) is 0 Å². The molecule has 0 aliphatic carbocycles. The average Bonchev–Trinajstić information content (AvgIpc) is 2.75. The first-order chi connectivity index (χ1) is 7.83. The third kappa shape index (κ3) is 1.40. The molecule has 0 amide bonds. The number of nitrogens with one attached hydrogen (secondary N) is 1. The van der Waals surface area contributed by atoms with Gasteiger partial charge in [-0.15, -0.1) is 0 Å². The molecule has 0 atom stereocenters. The van der Waals surface area contributed by atoms with E-state index in [1.165, 1.54) is 0 Å². The third-order valence-electron chi connectivity index (χ3n) is 2.47. The molecule has 0 saturated carbocycles. The number of rotatable bonds is 1. The topological polar surface area (TPSA) is 67.6 Å². The van der Waals surface area contributed by atoms with Gasteiger partial charge in [-0.3, -0.25) is 0 Å². The fourth-order valence-corrected chi connectivity index (χ4v) is 1.68. The van der Waals surface area contributed by atoms with E-state index in [1.807, 2.05) is 36.4 Å². The summed E-state index contributed by atoms with van der Waals surface area (Å²) in [5.41, 5.74) is 8.19. The first-order valence-electron chi connectivity index (χ1n) is 4.99. The molecule has 3 rings (SSSR count). The van der Waals surface area contributed by atoms with Crippen LogP contribution in [0.4, 0.5) is 5.95 Å². The number of aromatic amines is 1. The van der Waals surface area contributed by atoms with Gasteiger partial charge in [0.15, 0.2) is 5.95 Å². The van der Waals surface area contributed by atoms with Gasteiger partial charge in [-0.2, -0.15) is 0 Å². The maximum Gasteiger partial charge on any atom is 0.197 e. The number of nitrogens with zero attached hydrogens (tertiary/aromatic N) is 2. The lowest BCUT2D eigenvalue weighted by atomic mass is 10.2. The fraction of sp³-hybridized carbons (Fsp3) is 0. The highest BCUT2D eigenvalue weighted by atomic mass is 15.0. The minimum absolute atomic E-state index is 0.407. The second-order valence-corrected chi connectivity index (χ2v) is 3.57. The lowest BCUT2D eigenvalue weighted by Gasteiger charge is -1.99. The maximum absolute atomic E-state index is 5.53. The first-order valence-corrected chi connectivity index (χ1v) is 4.99. The number of pyridine rings is 1. The van der Waals surface area contributed by atoms with Crippen molar-refractivity contribution in [2.24, 2.45) is 0 Å². The molecule has 3 N–H and O–H groups in total. The number of hydrogen-bond acceptors (Lipinski definition) is 3. The van der Waals surface area contributed by atoms with Crippen LogP contribution in [0.5, 0.6) is 0 Å². The highest BCUT2D eigenvalue weighted by molar-refractivity contribution is 5.80. The van der Waals surface area contributed by atoms with Crippen LogP contribution in [0.3, 0.4) is 0 Å². The molecule has 0 fully saturated rings. The van der Waals surface area contributed by atoms with Crippen molar-refractivity contribution in [1.82, 2.24) is 15.0 Å². The summed E-state index contributed by atoms with van der Waals surface area (Å²) in [6.07, 6.45) is 1.69. The van der Waals surface area contributed by atoms with Crippen molar-refractivity contribution < 1.29 is 0 Å². The third-order valence-corrected chi connectivity index (χ3v) is 2.47. The standard InChI is InChI=1S/C12H10N4/c13-12-14-7-11(16-12)10-6-5-8-3-1-2-4-9(8)15-10/h1-7H,(H3,13,14,16). The molecular formula is C12H10N4. The van der Waals surface area contributed by atoms with Gasteiger partial charge in [-0.25, -0.2) is 9.97 Å². The molecule has 0 radical (unpaired) electrons. The van der Waals surface area contributed by atoms with Crippen LogP contribution in [0, 0.1) is 0 Å². The lowest BCUT2D eigenvalue weighted by molar-refractivity contribution is 1.31. The number of hydrogen-bond donors (Lipinski definition) is 2. The summed E-state index contributed by atoms with van der Waals surface area (Å²) in [6, 6.07) is 12.0. The first kappa shape index (κ1) is 8.91. The maximum atomic E-state index is 5.53. The van der Waals surface area contributed by atoms with Gasteiger partial charge in [0.25, 0.3) is 0 Å². The van der Waals surface area contributed by atoms with Crippen molar-refractivity contribution in [3.8, 4) is 11.4 Å². The van der Waals surface area contributed by atoms with E-state index >= 15 is 0 Å². The highest BCUT2D eigenvalue weighted by Crippen LogP contribution is 2.19. The van der Waals surface area contributed by atoms with E-state index in [0.29, 0.717) is 5.95 Å². The van der Waals surface area contributed by atoms with E-state index in [-0.39, 0.29) is 0 Å². The van der Waals surface area contributed by atoms with Crippen LogP contribution >= 0.6 is 0 Å². The number of imidazole rings is 1. The van der Waals surface area contributed by atoms with E-state index in [4.69, 9.17) is 5.73 Å². The average molecular weight is 210 g/mol. The molecule has 78 valence electrons. The van der Waals surface area contributed by atoms with Crippen molar-refractivity contribution >= 4 is 16.9 Å². The summed E-state index contributed by atoms with van der Waals surface area (Å²) in [5, 5.41) is 1.12. The minimum Gasteiger partial charge on any atom is -0.369 e. The number of benzene rings is 1. The van der Waals surface area contributed by atoms with Gasteiger partial charge in [0.1, 0.15) is 0 Å². The molecular weight excluding hydrogens is 200 g/mol. The van der Waals surface area contributed by atoms with Gasteiger partial charge >= 0.3 is 0 Å². The summed E-state index contributed by atoms with van der Waals surface area (Å²) in [7, 11) is 0. The molecule has 2 aromatic heterocycles. The van der Waals surface area contributed by atoms with Gasteiger partial charge in [-0.05, 0) is 12.1 Å². The van der Waals surface area contributed by atoms with Crippen molar-refractivity contribution in [1.29, 1.82) is 0 Å². The van der Waals surface area contributed by atoms with Crippen LogP contribution in [-0.4, -0.2) is 15.0 Å². The van der Waals surface area contributed by atoms with E-state index < -0.39 is 0 Å². The van der Waals surface area contributed by atoms with Gasteiger partial charge in [-0.1, -0.05) is 24.3 Å². The Hall–Kier alpha value is -2.36. The zero-order chi connectivity index (χ0) is 11.0. The van der Waals surface area contributed by atoms with Crippen molar-refractivity contribution in [2.75, 3.05) is 5.73 Å². The monoisotopic (exact) mass is 210 g/mol. The Labute approximate surface area is 92.2 Å². The van der Waals surface area contributed by atoms with E-state index in [0.717, 1.165) is 22.3 Å². The minimum atomic E-state index is 0.407. The molecule has 1 aromatic carbocycles. The van der Waals surface area contributed by atoms with E-state index in [2.05, 4.69) is 15.0 Å². The highest BCUT2D eigenvalue weighted by Gasteiger charge is 2.03. The number of para-hydroxylation sites is 1. The second kappa shape index (κ2) is 3.34. The Bertz CT molecular complexity index is 642. The molecule has 0 saturated heterocycles. The Morgan fingerprint density at radius 1 is 1.06 bits per heavy atom. The zero-order valence-electron chi connectivity index (χ0n) is 8.51. The summed E-state index contributed by atoms with van der Waals surface area (Å²) < 4.78 is 0. The molecule has 0 aliphatic rings. The summed E-state index contributed by atoms with van der Waals surface area (Å²) in [5.74, 6) is 0.407. The summed E-state index contributed by atoms with van der Waals surface area (Å²) in [4.78, 5) is 11.4. The predicted octanol–water partition coefficient (Wildman–Crippen LogP) is 2.21. The number of aromatic nitrogens is 3. The Balaban J connectivity index is 2.18.